The number of benzene rings is 1. The number of ether oxygens (including phenoxy) is 1. The van der Waals surface area contributed by atoms with Gasteiger partial charge in [-0.1, -0.05) is 13.3 Å². The Hall–Kier alpha value is -1.71. The Morgan fingerprint density at radius 2 is 2.35 bits per heavy atom. The molecule has 1 aromatic rings. The lowest BCUT2D eigenvalue weighted by Crippen LogP contribution is -2.37. The molecule has 0 aliphatic carbocycles. The summed E-state index contributed by atoms with van der Waals surface area (Å²) in [7, 11) is 0. The van der Waals surface area contributed by atoms with Gasteiger partial charge in [-0.05, 0) is 18.6 Å². The highest BCUT2D eigenvalue weighted by atomic mass is 16.5. The molecular formula is C13H18N2O2. The summed E-state index contributed by atoms with van der Waals surface area (Å²) in [6, 6.07) is 5.43. The first-order valence-corrected chi connectivity index (χ1v) is 6.05. The number of anilines is 2. The van der Waals surface area contributed by atoms with Crippen molar-refractivity contribution in [3.63, 3.8) is 0 Å². The Balaban J connectivity index is 2.19. The number of rotatable bonds is 3. The summed E-state index contributed by atoms with van der Waals surface area (Å²) in [4.78, 5) is 13.8. The third-order valence-corrected chi connectivity index (χ3v) is 2.89. The molecule has 4 heteroatoms. The molecule has 92 valence electrons. The normalized spacial score (nSPS) is 14.1. The maximum atomic E-state index is 12.0. The zero-order chi connectivity index (χ0) is 12.3. The van der Waals surface area contributed by atoms with E-state index in [0.717, 1.165) is 18.5 Å². The number of nitrogens with zero attached hydrogens (tertiary/aromatic N) is 1. The third kappa shape index (κ3) is 2.52. The average molecular weight is 234 g/mol. The largest absolute Gasteiger partial charge is 0.489 e. The van der Waals surface area contributed by atoms with Crippen LogP contribution in [0.3, 0.4) is 0 Å². The standard InChI is InChI=1S/C13H18N2O2/c1-2-3-4-13(16)15-7-8-17-12-9-10(14)5-6-11(12)15/h5-6,9H,2-4,7-8,14H2,1H3. The quantitative estimate of drug-likeness (QED) is 0.815. The van der Waals surface area contributed by atoms with E-state index in [1.807, 2.05) is 6.07 Å². The van der Waals surface area contributed by atoms with Crippen LogP contribution in [0.25, 0.3) is 0 Å². The van der Waals surface area contributed by atoms with Crippen molar-refractivity contribution in [1.29, 1.82) is 0 Å². The molecule has 4 nitrogen and oxygen atoms in total. The Labute approximate surface area is 101 Å². The second-order valence-corrected chi connectivity index (χ2v) is 4.22. The van der Waals surface area contributed by atoms with Crippen molar-refractivity contribution in [2.75, 3.05) is 23.8 Å². The van der Waals surface area contributed by atoms with Crippen molar-refractivity contribution in [2.45, 2.75) is 26.2 Å². The molecule has 0 fully saturated rings. The van der Waals surface area contributed by atoms with Gasteiger partial charge in [0.05, 0.1) is 12.2 Å². The molecule has 2 N–H and O–H groups in total. The van der Waals surface area contributed by atoms with Gasteiger partial charge in [0.2, 0.25) is 5.91 Å². The number of carbonyl (C=O) groups is 1. The second-order valence-electron chi connectivity index (χ2n) is 4.22. The maximum Gasteiger partial charge on any atom is 0.227 e. The molecule has 1 aromatic carbocycles. The smallest absolute Gasteiger partial charge is 0.227 e. The second kappa shape index (κ2) is 5.08. The predicted molar refractivity (Wildman–Crippen MR) is 68.2 cm³/mol. The van der Waals surface area contributed by atoms with Gasteiger partial charge < -0.3 is 15.4 Å². The molecule has 0 saturated carbocycles. The van der Waals surface area contributed by atoms with Crippen molar-refractivity contribution < 1.29 is 9.53 Å². The van der Waals surface area contributed by atoms with Crippen molar-refractivity contribution in [3.8, 4) is 5.75 Å². The summed E-state index contributed by atoms with van der Waals surface area (Å²) in [6.07, 6.45) is 2.56. The fourth-order valence-electron chi connectivity index (χ4n) is 1.96. The minimum absolute atomic E-state index is 0.168. The van der Waals surface area contributed by atoms with E-state index < -0.39 is 0 Å². The van der Waals surface area contributed by atoms with Gasteiger partial charge in [-0.2, -0.15) is 0 Å². The number of hydrogen-bond acceptors (Lipinski definition) is 3. The fourth-order valence-corrected chi connectivity index (χ4v) is 1.96. The summed E-state index contributed by atoms with van der Waals surface area (Å²) in [5, 5.41) is 0. The first-order chi connectivity index (χ1) is 8.22. The number of amides is 1. The molecule has 0 radical (unpaired) electrons. The number of fused-ring (bicyclic) bond motifs is 1. The van der Waals surface area contributed by atoms with E-state index in [-0.39, 0.29) is 5.91 Å². The SMILES string of the molecule is CCCCC(=O)N1CCOc2cc(N)ccc21. The van der Waals surface area contributed by atoms with Crippen molar-refractivity contribution >= 4 is 17.3 Å². The summed E-state index contributed by atoms with van der Waals surface area (Å²) in [5.74, 6) is 0.877. The van der Waals surface area contributed by atoms with Gasteiger partial charge in [0, 0.05) is 18.2 Å². The van der Waals surface area contributed by atoms with Crippen LogP contribution in [0.15, 0.2) is 18.2 Å². The van der Waals surface area contributed by atoms with Gasteiger partial charge in [-0.3, -0.25) is 4.79 Å². The first kappa shape index (κ1) is 11.8. The number of unbranched alkanes of at least 4 members (excludes halogenated alkanes) is 1. The minimum atomic E-state index is 0.168. The van der Waals surface area contributed by atoms with Crippen LogP contribution in [-0.4, -0.2) is 19.1 Å². The number of nitrogen functional groups attached to an aromatic ring is 1. The zero-order valence-corrected chi connectivity index (χ0v) is 10.1. The maximum absolute atomic E-state index is 12.0. The van der Waals surface area contributed by atoms with Gasteiger partial charge in [-0.25, -0.2) is 0 Å². The Kier molecular flexibility index (Phi) is 3.52. The number of nitrogens with two attached hydrogens (primary N) is 1. The highest BCUT2D eigenvalue weighted by Gasteiger charge is 2.22. The molecule has 0 atom stereocenters. The number of carbonyl (C=O) groups excluding carboxylic acids is 1. The van der Waals surface area contributed by atoms with Crippen LogP contribution >= 0.6 is 0 Å². The molecule has 1 aliphatic rings. The Morgan fingerprint density at radius 3 is 3.12 bits per heavy atom. The Bertz CT molecular complexity index is 418. The van der Waals surface area contributed by atoms with Crippen LogP contribution in [0, 0.1) is 0 Å². The average Bonchev–Trinajstić information content (AvgIpc) is 2.34. The monoisotopic (exact) mass is 234 g/mol. The molecule has 0 unspecified atom stereocenters. The summed E-state index contributed by atoms with van der Waals surface area (Å²) in [6.45, 7) is 3.25. The van der Waals surface area contributed by atoms with Gasteiger partial charge in [0.15, 0.2) is 0 Å². The number of hydrogen-bond donors (Lipinski definition) is 1. The van der Waals surface area contributed by atoms with Crippen LogP contribution in [0.4, 0.5) is 11.4 Å². The van der Waals surface area contributed by atoms with E-state index in [2.05, 4.69) is 6.92 Å². The van der Waals surface area contributed by atoms with E-state index in [4.69, 9.17) is 10.5 Å². The molecule has 1 aliphatic heterocycles. The lowest BCUT2D eigenvalue weighted by atomic mass is 10.1. The highest BCUT2D eigenvalue weighted by molar-refractivity contribution is 5.95. The van der Waals surface area contributed by atoms with Crippen LogP contribution in [-0.2, 0) is 4.79 Å². The molecule has 2 rings (SSSR count). The minimum Gasteiger partial charge on any atom is -0.489 e. The zero-order valence-electron chi connectivity index (χ0n) is 10.1. The predicted octanol–water partition coefficient (Wildman–Crippen LogP) is 2.18. The molecule has 0 bridgehead atoms. The van der Waals surface area contributed by atoms with Gasteiger partial charge >= 0.3 is 0 Å². The summed E-state index contributed by atoms with van der Waals surface area (Å²) >= 11 is 0. The lowest BCUT2D eigenvalue weighted by Gasteiger charge is -2.29. The lowest BCUT2D eigenvalue weighted by molar-refractivity contribution is -0.119. The first-order valence-electron chi connectivity index (χ1n) is 6.05. The summed E-state index contributed by atoms with van der Waals surface area (Å²) < 4.78 is 5.52. The highest BCUT2D eigenvalue weighted by Crippen LogP contribution is 2.33. The van der Waals surface area contributed by atoms with Crippen LogP contribution < -0.4 is 15.4 Å². The fraction of sp³-hybridized carbons (Fsp3) is 0.462. The Morgan fingerprint density at radius 1 is 1.53 bits per heavy atom. The topological polar surface area (TPSA) is 55.6 Å². The van der Waals surface area contributed by atoms with E-state index >= 15 is 0 Å². The van der Waals surface area contributed by atoms with Crippen molar-refractivity contribution in [2.24, 2.45) is 0 Å². The summed E-state index contributed by atoms with van der Waals surface area (Å²) in [5.41, 5.74) is 7.20. The van der Waals surface area contributed by atoms with Gasteiger partial charge in [0.1, 0.15) is 12.4 Å². The van der Waals surface area contributed by atoms with Crippen LogP contribution in [0.2, 0.25) is 0 Å². The van der Waals surface area contributed by atoms with Crippen LogP contribution in [0.1, 0.15) is 26.2 Å². The third-order valence-electron chi connectivity index (χ3n) is 2.89. The molecule has 0 spiro atoms. The van der Waals surface area contributed by atoms with E-state index in [0.29, 0.717) is 31.0 Å². The molecular weight excluding hydrogens is 216 g/mol. The van der Waals surface area contributed by atoms with Crippen molar-refractivity contribution in [3.05, 3.63) is 18.2 Å². The van der Waals surface area contributed by atoms with Crippen LogP contribution in [0.5, 0.6) is 5.75 Å². The molecule has 1 heterocycles. The van der Waals surface area contributed by atoms with E-state index in [9.17, 15) is 4.79 Å². The van der Waals surface area contributed by atoms with E-state index in [1.165, 1.54) is 0 Å². The molecule has 1 amide bonds. The van der Waals surface area contributed by atoms with Gasteiger partial charge in [0.25, 0.3) is 0 Å². The molecule has 17 heavy (non-hydrogen) atoms. The van der Waals surface area contributed by atoms with Gasteiger partial charge in [-0.15, -0.1) is 0 Å². The van der Waals surface area contributed by atoms with E-state index in [1.54, 1.807) is 17.0 Å². The molecule has 0 saturated heterocycles. The van der Waals surface area contributed by atoms with Crippen molar-refractivity contribution in [1.82, 2.24) is 0 Å². The molecule has 0 aromatic heterocycles.